The van der Waals surface area contributed by atoms with Crippen molar-refractivity contribution >= 4 is 0 Å². The second-order valence-corrected chi connectivity index (χ2v) is 6.08. The topological polar surface area (TPSA) is 59.6 Å². The van der Waals surface area contributed by atoms with E-state index in [-0.39, 0.29) is 0 Å². The first-order valence-corrected chi connectivity index (χ1v) is 8.31. The molecular formula is C18H25N3O3. The Bertz CT molecular complexity index is 687. The zero-order valence-electron chi connectivity index (χ0n) is 14.8. The van der Waals surface area contributed by atoms with Crippen molar-refractivity contribution in [3.8, 4) is 28.5 Å². The Morgan fingerprint density at radius 1 is 1.21 bits per heavy atom. The molecule has 0 unspecified atom stereocenters. The number of hydrogen-bond acceptors (Lipinski definition) is 5. The molecule has 0 aliphatic carbocycles. The van der Waals surface area contributed by atoms with E-state index in [0.29, 0.717) is 23.9 Å². The van der Waals surface area contributed by atoms with Crippen LogP contribution in [0.1, 0.15) is 24.6 Å². The summed E-state index contributed by atoms with van der Waals surface area (Å²) in [5.41, 5.74) is 4.39. The van der Waals surface area contributed by atoms with E-state index in [1.54, 1.807) is 14.2 Å². The average molecular weight is 331 g/mol. The number of fused-ring (bicyclic) bond motifs is 1. The molecule has 0 saturated carbocycles. The lowest BCUT2D eigenvalue weighted by molar-refractivity contribution is 0.275. The first kappa shape index (κ1) is 16.6. The van der Waals surface area contributed by atoms with Gasteiger partial charge in [-0.05, 0) is 25.6 Å². The molecule has 1 aliphatic heterocycles. The summed E-state index contributed by atoms with van der Waals surface area (Å²) < 4.78 is 16.9. The van der Waals surface area contributed by atoms with E-state index in [1.165, 1.54) is 11.3 Å². The molecule has 0 amide bonds. The number of hydrogen-bond donors (Lipinski definition) is 1. The van der Waals surface area contributed by atoms with Gasteiger partial charge in [-0.1, -0.05) is 6.92 Å². The highest BCUT2D eigenvalue weighted by Gasteiger charge is 2.23. The molecule has 2 heterocycles. The number of aromatic amines is 1. The van der Waals surface area contributed by atoms with Crippen molar-refractivity contribution in [3.63, 3.8) is 0 Å². The van der Waals surface area contributed by atoms with Crippen LogP contribution in [0, 0.1) is 0 Å². The van der Waals surface area contributed by atoms with Crippen LogP contribution in [0.15, 0.2) is 12.1 Å². The van der Waals surface area contributed by atoms with Gasteiger partial charge in [0.15, 0.2) is 11.5 Å². The van der Waals surface area contributed by atoms with Gasteiger partial charge in [-0.15, -0.1) is 0 Å². The van der Waals surface area contributed by atoms with Crippen molar-refractivity contribution in [2.45, 2.75) is 26.3 Å². The van der Waals surface area contributed by atoms with E-state index in [9.17, 15) is 0 Å². The van der Waals surface area contributed by atoms with Crippen LogP contribution in [0.2, 0.25) is 0 Å². The van der Waals surface area contributed by atoms with Crippen molar-refractivity contribution in [1.29, 1.82) is 0 Å². The van der Waals surface area contributed by atoms with Crippen molar-refractivity contribution in [3.05, 3.63) is 23.4 Å². The lowest BCUT2D eigenvalue weighted by Gasteiger charge is -2.22. The quantitative estimate of drug-likeness (QED) is 0.882. The molecule has 6 nitrogen and oxygen atoms in total. The van der Waals surface area contributed by atoms with E-state index in [4.69, 9.17) is 14.2 Å². The first-order valence-electron chi connectivity index (χ1n) is 8.31. The predicted molar refractivity (Wildman–Crippen MR) is 93.0 cm³/mol. The van der Waals surface area contributed by atoms with E-state index in [0.717, 1.165) is 37.2 Å². The molecule has 6 heteroatoms. The Labute approximate surface area is 142 Å². The standard InChI is InChI=1S/C18H25N3O3/c1-5-8-24-18-15(22-3)9-12(10-16(18)23-4)17-13-11-21(2)7-6-14(13)19-20-17/h9-10H,5-8,11H2,1-4H3,(H,19,20). The van der Waals surface area contributed by atoms with E-state index >= 15 is 0 Å². The molecule has 1 N–H and O–H groups in total. The summed E-state index contributed by atoms with van der Waals surface area (Å²) in [5, 5.41) is 7.72. The fraction of sp³-hybridized carbons (Fsp3) is 0.500. The second kappa shape index (κ2) is 7.13. The van der Waals surface area contributed by atoms with Crippen LogP contribution in [0.4, 0.5) is 0 Å². The number of methoxy groups -OCH3 is 2. The van der Waals surface area contributed by atoms with Gasteiger partial charge in [-0.2, -0.15) is 5.10 Å². The summed E-state index contributed by atoms with van der Waals surface area (Å²) in [6.07, 6.45) is 1.91. The molecule has 1 aromatic carbocycles. The number of likely N-dealkylation sites (N-methyl/N-ethyl adjacent to an activating group) is 1. The van der Waals surface area contributed by atoms with Crippen LogP contribution >= 0.6 is 0 Å². The number of H-pyrrole nitrogens is 1. The number of nitrogens with zero attached hydrogens (tertiary/aromatic N) is 2. The van der Waals surface area contributed by atoms with Gasteiger partial charge in [0.05, 0.1) is 26.5 Å². The van der Waals surface area contributed by atoms with Gasteiger partial charge >= 0.3 is 0 Å². The van der Waals surface area contributed by atoms with Gasteiger partial charge in [0.2, 0.25) is 5.75 Å². The van der Waals surface area contributed by atoms with Crippen LogP contribution in [0.25, 0.3) is 11.3 Å². The third-order valence-corrected chi connectivity index (χ3v) is 4.31. The molecule has 0 fully saturated rings. The molecule has 1 aliphatic rings. The van der Waals surface area contributed by atoms with Crippen LogP contribution in [-0.4, -0.2) is 49.5 Å². The Morgan fingerprint density at radius 3 is 2.54 bits per heavy atom. The largest absolute Gasteiger partial charge is 0.493 e. The zero-order chi connectivity index (χ0) is 17.1. The highest BCUT2D eigenvalue weighted by molar-refractivity contribution is 5.71. The molecular weight excluding hydrogens is 306 g/mol. The van der Waals surface area contributed by atoms with Gasteiger partial charge < -0.3 is 19.1 Å². The average Bonchev–Trinajstić information content (AvgIpc) is 3.02. The third kappa shape index (κ3) is 3.06. The normalized spacial score (nSPS) is 14.3. The Hall–Kier alpha value is -2.21. The fourth-order valence-electron chi connectivity index (χ4n) is 3.03. The minimum atomic E-state index is 0.620. The summed E-state index contributed by atoms with van der Waals surface area (Å²) in [7, 11) is 5.42. The maximum Gasteiger partial charge on any atom is 0.203 e. The Kier molecular flexibility index (Phi) is 4.94. The molecule has 2 aromatic rings. The summed E-state index contributed by atoms with van der Waals surface area (Å²) in [6.45, 7) is 4.62. The van der Waals surface area contributed by atoms with Crippen LogP contribution < -0.4 is 14.2 Å². The SMILES string of the molecule is CCCOc1c(OC)cc(-c2n[nH]c3c2CN(C)CC3)cc1OC. The van der Waals surface area contributed by atoms with Crippen LogP contribution in [0.5, 0.6) is 17.2 Å². The lowest BCUT2D eigenvalue weighted by atomic mass is 10.0. The number of aromatic nitrogens is 2. The van der Waals surface area contributed by atoms with Gasteiger partial charge in [0, 0.05) is 36.3 Å². The first-order chi connectivity index (χ1) is 11.7. The minimum Gasteiger partial charge on any atom is -0.493 e. The van der Waals surface area contributed by atoms with Crippen molar-refractivity contribution in [2.24, 2.45) is 0 Å². The number of nitrogens with one attached hydrogen (secondary N) is 1. The van der Waals surface area contributed by atoms with Crippen LogP contribution in [0.3, 0.4) is 0 Å². The Balaban J connectivity index is 2.04. The highest BCUT2D eigenvalue weighted by atomic mass is 16.5. The number of ether oxygens (including phenoxy) is 3. The number of rotatable bonds is 6. The molecule has 1 aromatic heterocycles. The van der Waals surface area contributed by atoms with Crippen molar-refractivity contribution < 1.29 is 14.2 Å². The monoisotopic (exact) mass is 331 g/mol. The second-order valence-electron chi connectivity index (χ2n) is 6.08. The van der Waals surface area contributed by atoms with Gasteiger partial charge in [-0.25, -0.2) is 0 Å². The maximum atomic E-state index is 5.81. The molecule has 130 valence electrons. The highest BCUT2D eigenvalue weighted by Crippen LogP contribution is 2.42. The molecule has 24 heavy (non-hydrogen) atoms. The predicted octanol–water partition coefficient (Wildman–Crippen LogP) is 2.87. The summed E-state index contributed by atoms with van der Waals surface area (Å²) in [5.74, 6) is 1.98. The summed E-state index contributed by atoms with van der Waals surface area (Å²) in [6, 6.07) is 3.94. The van der Waals surface area contributed by atoms with Gasteiger partial charge in [0.1, 0.15) is 0 Å². The van der Waals surface area contributed by atoms with E-state index in [1.807, 2.05) is 12.1 Å². The fourth-order valence-corrected chi connectivity index (χ4v) is 3.03. The summed E-state index contributed by atoms with van der Waals surface area (Å²) in [4.78, 5) is 2.30. The molecule has 0 bridgehead atoms. The zero-order valence-corrected chi connectivity index (χ0v) is 14.8. The maximum absolute atomic E-state index is 5.81. The van der Waals surface area contributed by atoms with E-state index < -0.39 is 0 Å². The van der Waals surface area contributed by atoms with Crippen molar-refractivity contribution in [2.75, 3.05) is 34.4 Å². The number of benzene rings is 1. The molecule has 3 rings (SSSR count). The minimum absolute atomic E-state index is 0.620. The third-order valence-electron chi connectivity index (χ3n) is 4.31. The molecule has 0 radical (unpaired) electrons. The molecule has 0 spiro atoms. The van der Waals surface area contributed by atoms with Crippen LogP contribution in [-0.2, 0) is 13.0 Å². The smallest absolute Gasteiger partial charge is 0.203 e. The van der Waals surface area contributed by atoms with E-state index in [2.05, 4.69) is 29.1 Å². The Morgan fingerprint density at radius 2 is 1.92 bits per heavy atom. The lowest BCUT2D eigenvalue weighted by Crippen LogP contribution is -2.26. The van der Waals surface area contributed by atoms with Gasteiger partial charge in [0.25, 0.3) is 0 Å². The molecule has 0 atom stereocenters. The molecule has 0 saturated heterocycles. The van der Waals surface area contributed by atoms with Gasteiger partial charge in [-0.3, -0.25) is 5.10 Å². The van der Waals surface area contributed by atoms with Crippen molar-refractivity contribution in [1.82, 2.24) is 15.1 Å². The summed E-state index contributed by atoms with van der Waals surface area (Å²) >= 11 is 0.